The second-order valence-electron chi connectivity index (χ2n) is 3.58. The Bertz CT molecular complexity index is 240. The van der Waals surface area contributed by atoms with Gasteiger partial charge in [-0.25, -0.2) is 0 Å². The molecule has 4 N–H and O–H groups in total. The van der Waals surface area contributed by atoms with Gasteiger partial charge < -0.3 is 30.1 Å². The second kappa shape index (κ2) is 6.31. The van der Waals surface area contributed by atoms with Crippen molar-refractivity contribution in [3.05, 3.63) is 0 Å². The fourth-order valence-corrected chi connectivity index (χ4v) is 1.49. The first-order valence-corrected chi connectivity index (χ1v) is 5.56. The molecule has 0 aromatic carbocycles. The summed E-state index contributed by atoms with van der Waals surface area (Å²) in [6.45, 7) is 2.35. The molecule has 1 aliphatic rings. The number of hydrogen-bond acceptors (Lipinski definition) is 6. The molecule has 0 aliphatic carbocycles. The first-order valence-electron chi connectivity index (χ1n) is 5.15. The molecule has 0 aromatic rings. The summed E-state index contributed by atoms with van der Waals surface area (Å²) in [5.74, 6) is 0. The molecule has 16 heavy (non-hydrogen) atoms. The Morgan fingerprint density at radius 3 is 2.75 bits per heavy atom. The molecule has 1 saturated heterocycles. The Labute approximate surface area is 99.2 Å². The first-order chi connectivity index (χ1) is 7.56. The van der Waals surface area contributed by atoms with Crippen molar-refractivity contribution in [2.75, 3.05) is 13.2 Å². The Morgan fingerprint density at radius 1 is 1.44 bits per heavy atom. The topological polar surface area (TPSA) is 91.2 Å². The molecule has 0 aromatic heterocycles. The molecule has 0 unspecified atom stereocenters. The third kappa shape index (κ3) is 3.53. The molecule has 0 spiro atoms. The molecule has 94 valence electrons. The average Bonchev–Trinajstić information content (AvgIpc) is 2.27. The second-order valence-corrected chi connectivity index (χ2v) is 3.95. The van der Waals surface area contributed by atoms with Crippen LogP contribution in [-0.4, -0.2) is 58.2 Å². The van der Waals surface area contributed by atoms with Crippen LogP contribution in [0.2, 0.25) is 0 Å². The van der Waals surface area contributed by atoms with Gasteiger partial charge in [-0.05, 0) is 18.6 Å². The van der Waals surface area contributed by atoms with Gasteiger partial charge in [-0.1, -0.05) is 6.92 Å². The summed E-state index contributed by atoms with van der Waals surface area (Å²) in [6, 6.07) is 0. The van der Waals surface area contributed by atoms with Crippen molar-refractivity contribution in [2.45, 2.75) is 37.9 Å². The molecule has 6 nitrogen and oxygen atoms in total. The summed E-state index contributed by atoms with van der Waals surface area (Å²) in [5.41, 5.74) is 0. The van der Waals surface area contributed by atoms with Crippen LogP contribution in [0.1, 0.15) is 13.3 Å². The molecular formula is C9H17NO5S. The summed E-state index contributed by atoms with van der Waals surface area (Å²) in [7, 11) is 0. The highest BCUT2D eigenvalue weighted by Crippen LogP contribution is 2.13. The summed E-state index contributed by atoms with van der Waals surface area (Å²) < 4.78 is 10.2. The molecule has 0 amide bonds. The van der Waals surface area contributed by atoms with E-state index in [1.165, 1.54) is 0 Å². The van der Waals surface area contributed by atoms with Gasteiger partial charge in [0.1, 0.15) is 18.3 Å². The fourth-order valence-electron chi connectivity index (χ4n) is 1.29. The van der Waals surface area contributed by atoms with Crippen molar-refractivity contribution >= 4 is 17.4 Å². The molecule has 4 atom stereocenters. The third-order valence-electron chi connectivity index (χ3n) is 2.20. The zero-order valence-corrected chi connectivity index (χ0v) is 9.81. The van der Waals surface area contributed by atoms with Crippen LogP contribution >= 0.6 is 12.2 Å². The molecule has 1 fully saturated rings. The first kappa shape index (κ1) is 13.6. The van der Waals surface area contributed by atoms with Crippen LogP contribution in [0.15, 0.2) is 0 Å². The molecular weight excluding hydrogens is 234 g/mol. The number of thiocarbonyl (C=S) groups is 1. The maximum absolute atomic E-state index is 9.57. The van der Waals surface area contributed by atoms with Crippen molar-refractivity contribution in [3.63, 3.8) is 0 Å². The van der Waals surface area contributed by atoms with Gasteiger partial charge in [-0.3, -0.25) is 0 Å². The van der Waals surface area contributed by atoms with E-state index in [1.54, 1.807) is 0 Å². The average molecular weight is 251 g/mol. The molecule has 0 saturated carbocycles. The van der Waals surface area contributed by atoms with Crippen molar-refractivity contribution in [1.29, 1.82) is 0 Å². The smallest absolute Gasteiger partial charge is 0.258 e. The number of aliphatic hydroxyl groups excluding tert-OH is 3. The summed E-state index contributed by atoms with van der Waals surface area (Å²) in [4.78, 5) is 0. The Kier molecular flexibility index (Phi) is 5.36. The number of rotatable bonds is 3. The molecule has 1 rings (SSSR count). The van der Waals surface area contributed by atoms with E-state index in [-0.39, 0.29) is 11.8 Å². The van der Waals surface area contributed by atoms with E-state index in [0.29, 0.717) is 6.61 Å². The highest BCUT2D eigenvalue weighted by atomic mass is 32.1. The lowest BCUT2D eigenvalue weighted by atomic mass is 10.0. The maximum atomic E-state index is 9.57. The number of nitrogens with one attached hydrogen (secondary N) is 1. The predicted octanol–water partition coefficient (Wildman–Crippen LogP) is -1.27. The van der Waals surface area contributed by atoms with E-state index in [2.05, 4.69) is 5.32 Å². The minimum Gasteiger partial charge on any atom is -0.471 e. The molecule has 1 aliphatic heterocycles. The van der Waals surface area contributed by atoms with Gasteiger partial charge in [0.15, 0.2) is 6.23 Å². The largest absolute Gasteiger partial charge is 0.471 e. The van der Waals surface area contributed by atoms with Gasteiger partial charge in [0.2, 0.25) is 0 Å². The predicted molar refractivity (Wildman–Crippen MR) is 59.7 cm³/mol. The Hall–Kier alpha value is -0.470. The maximum Gasteiger partial charge on any atom is 0.258 e. The minimum absolute atomic E-state index is 0.0632. The lowest BCUT2D eigenvalue weighted by molar-refractivity contribution is -0.191. The standard InChI is InChI=1S/C9H17NO5S/c1-2-3-14-9(16)10-8-7(13)6(12)5(11)4-15-8/h5-8,11-13H,2-4H2,1H3,(H,10,16)/t5-,6+,7-,8+/m0/s1. The molecule has 1 heterocycles. The van der Waals surface area contributed by atoms with Gasteiger partial charge in [-0.2, -0.15) is 0 Å². The number of aliphatic hydroxyl groups is 3. The van der Waals surface area contributed by atoms with E-state index in [0.717, 1.165) is 6.42 Å². The number of ether oxygens (including phenoxy) is 2. The van der Waals surface area contributed by atoms with E-state index < -0.39 is 24.5 Å². The highest BCUT2D eigenvalue weighted by molar-refractivity contribution is 7.80. The van der Waals surface area contributed by atoms with Crippen LogP contribution in [0, 0.1) is 0 Å². The quantitative estimate of drug-likeness (QED) is 0.465. The number of hydrogen-bond donors (Lipinski definition) is 4. The van der Waals surface area contributed by atoms with Gasteiger partial charge in [0, 0.05) is 0 Å². The minimum atomic E-state index is -1.25. The van der Waals surface area contributed by atoms with Gasteiger partial charge in [-0.15, -0.1) is 0 Å². The van der Waals surface area contributed by atoms with E-state index in [4.69, 9.17) is 21.7 Å². The van der Waals surface area contributed by atoms with Crippen molar-refractivity contribution in [3.8, 4) is 0 Å². The molecule has 7 heteroatoms. The zero-order chi connectivity index (χ0) is 12.1. The van der Waals surface area contributed by atoms with E-state index in [9.17, 15) is 15.3 Å². The van der Waals surface area contributed by atoms with Crippen LogP contribution in [0.25, 0.3) is 0 Å². The summed E-state index contributed by atoms with van der Waals surface area (Å²) in [5, 5.41) is 30.9. The lowest BCUT2D eigenvalue weighted by Gasteiger charge is -2.35. The lowest BCUT2D eigenvalue weighted by Crippen LogP contribution is -2.58. The van der Waals surface area contributed by atoms with E-state index in [1.807, 2.05) is 6.92 Å². The third-order valence-corrected chi connectivity index (χ3v) is 2.43. The molecule has 0 radical (unpaired) electrons. The van der Waals surface area contributed by atoms with Gasteiger partial charge in [0.05, 0.1) is 13.2 Å². The van der Waals surface area contributed by atoms with Gasteiger partial charge in [0.25, 0.3) is 5.17 Å². The van der Waals surface area contributed by atoms with Crippen LogP contribution in [0.5, 0.6) is 0 Å². The highest BCUT2D eigenvalue weighted by Gasteiger charge is 2.37. The van der Waals surface area contributed by atoms with Crippen molar-refractivity contribution in [2.24, 2.45) is 0 Å². The van der Waals surface area contributed by atoms with Crippen LogP contribution in [0.3, 0.4) is 0 Å². The molecule has 0 bridgehead atoms. The van der Waals surface area contributed by atoms with E-state index >= 15 is 0 Å². The van der Waals surface area contributed by atoms with Crippen molar-refractivity contribution < 1.29 is 24.8 Å². The van der Waals surface area contributed by atoms with Crippen LogP contribution < -0.4 is 5.32 Å². The summed E-state index contributed by atoms with van der Waals surface area (Å²) >= 11 is 4.85. The van der Waals surface area contributed by atoms with Gasteiger partial charge >= 0.3 is 0 Å². The Balaban J connectivity index is 2.39. The Morgan fingerprint density at radius 2 is 2.12 bits per heavy atom. The van der Waals surface area contributed by atoms with Crippen LogP contribution in [-0.2, 0) is 9.47 Å². The van der Waals surface area contributed by atoms with Crippen molar-refractivity contribution in [1.82, 2.24) is 5.32 Å². The summed E-state index contributed by atoms with van der Waals surface area (Å²) in [6.07, 6.45) is -3.62. The van der Waals surface area contributed by atoms with Crippen LogP contribution in [0.4, 0.5) is 0 Å². The fraction of sp³-hybridized carbons (Fsp3) is 0.889. The SMILES string of the molecule is CCCOC(=S)N[C@@H]1OC[C@H](O)[C@@H](O)[C@@H]1O. The monoisotopic (exact) mass is 251 g/mol. The normalized spacial score (nSPS) is 34.5. The zero-order valence-electron chi connectivity index (χ0n) is 9.00.